The SMILES string of the molecule is Cc1ncccc1C(=O)NC1(C(N)=NO)CCCC1. The average molecular weight is 262 g/mol. The van der Waals surface area contributed by atoms with Crippen LogP contribution < -0.4 is 11.1 Å². The van der Waals surface area contributed by atoms with Gasteiger partial charge in [-0.1, -0.05) is 18.0 Å². The van der Waals surface area contributed by atoms with Crippen molar-refractivity contribution in [2.45, 2.75) is 38.1 Å². The third-order valence-corrected chi connectivity index (χ3v) is 3.66. The number of hydrogen-bond donors (Lipinski definition) is 3. The molecule has 1 aliphatic carbocycles. The van der Waals surface area contributed by atoms with Crippen LogP contribution >= 0.6 is 0 Å². The molecule has 0 spiro atoms. The second-order valence-corrected chi connectivity index (χ2v) is 4.86. The first kappa shape index (κ1) is 13.3. The van der Waals surface area contributed by atoms with Crippen LogP contribution in [-0.4, -0.2) is 27.5 Å². The Morgan fingerprint density at radius 3 is 2.79 bits per heavy atom. The van der Waals surface area contributed by atoms with Gasteiger partial charge in [-0.2, -0.15) is 0 Å². The summed E-state index contributed by atoms with van der Waals surface area (Å²) in [7, 11) is 0. The van der Waals surface area contributed by atoms with Crippen LogP contribution in [0, 0.1) is 6.92 Å². The van der Waals surface area contributed by atoms with Gasteiger partial charge in [0.1, 0.15) is 5.54 Å². The molecule has 0 saturated heterocycles. The largest absolute Gasteiger partial charge is 0.409 e. The molecule has 1 aromatic rings. The van der Waals surface area contributed by atoms with Gasteiger partial charge in [0, 0.05) is 11.9 Å². The number of aryl methyl sites for hydroxylation is 1. The summed E-state index contributed by atoms with van der Waals surface area (Å²) in [4.78, 5) is 16.4. The monoisotopic (exact) mass is 262 g/mol. The summed E-state index contributed by atoms with van der Waals surface area (Å²) in [5, 5.41) is 14.9. The minimum atomic E-state index is -0.728. The molecular formula is C13H18N4O2. The van der Waals surface area contributed by atoms with Crippen LogP contribution in [0.25, 0.3) is 0 Å². The number of nitrogens with two attached hydrogens (primary N) is 1. The van der Waals surface area contributed by atoms with Crippen LogP contribution in [0.15, 0.2) is 23.5 Å². The van der Waals surface area contributed by atoms with E-state index in [-0.39, 0.29) is 11.7 Å². The quantitative estimate of drug-likeness (QED) is 0.329. The van der Waals surface area contributed by atoms with Gasteiger partial charge in [0.15, 0.2) is 5.84 Å². The van der Waals surface area contributed by atoms with Crippen molar-refractivity contribution in [1.82, 2.24) is 10.3 Å². The Labute approximate surface area is 111 Å². The number of pyridine rings is 1. The summed E-state index contributed by atoms with van der Waals surface area (Å²) >= 11 is 0. The van der Waals surface area contributed by atoms with E-state index in [2.05, 4.69) is 15.5 Å². The number of carbonyl (C=O) groups is 1. The molecule has 1 aliphatic rings. The molecule has 1 heterocycles. The van der Waals surface area contributed by atoms with Gasteiger partial charge < -0.3 is 16.3 Å². The molecule has 4 N–H and O–H groups in total. The molecule has 102 valence electrons. The average Bonchev–Trinajstić information content (AvgIpc) is 2.88. The minimum Gasteiger partial charge on any atom is -0.409 e. The van der Waals surface area contributed by atoms with Gasteiger partial charge in [0.2, 0.25) is 0 Å². The summed E-state index contributed by atoms with van der Waals surface area (Å²) in [5.41, 5.74) is 6.19. The Morgan fingerprint density at radius 1 is 1.53 bits per heavy atom. The summed E-state index contributed by atoms with van der Waals surface area (Å²) in [6.45, 7) is 1.78. The summed E-state index contributed by atoms with van der Waals surface area (Å²) < 4.78 is 0. The van der Waals surface area contributed by atoms with Gasteiger partial charge in [-0.15, -0.1) is 0 Å². The normalized spacial score (nSPS) is 18.3. The first-order valence-electron chi connectivity index (χ1n) is 6.31. The minimum absolute atomic E-state index is 0.0693. The van der Waals surface area contributed by atoms with Crippen molar-refractivity contribution >= 4 is 11.7 Å². The van der Waals surface area contributed by atoms with Crippen LogP contribution in [0.1, 0.15) is 41.7 Å². The fourth-order valence-corrected chi connectivity index (χ4v) is 2.53. The lowest BCUT2D eigenvalue weighted by Gasteiger charge is -2.28. The van der Waals surface area contributed by atoms with Gasteiger partial charge in [-0.05, 0) is 31.9 Å². The molecule has 0 aliphatic heterocycles. The van der Waals surface area contributed by atoms with Crippen LogP contribution in [0.5, 0.6) is 0 Å². The number of aromatic nitrogens is 1. The van der Waals surface area contributed by atoms with E-state index < -0.39 is 5.54 Å². The van der Waals surface area contributed by atoms with Gasteiger partial charge in [0.05, 0.1) is 5.56 Å². The summed E-state index contributed by atoms with van der Waals surface area (Å²) in [6.07, 6.45) is 4.91. The van der Waals surface area contributed by atoms with E-state index in [1.807, 2.05) is 0 Å². The molecule has 19 heavy (non-hydrogen) atoms. The zero-order valence-corrected chi connectivity index (χ0v) is 10.9. The highest BCUT2D eigenvalue weighted by Crippen LogP contribution is 2.30. The molecule has 1 fully saturated rings. The third-order valence-electron chi connectivity index (χ3n) is 3.66. The van der Waals surface area contributed by atoms with E-state index in [0.717, 1.165) is 12.8 Å². The number of amides is 1. The fourth-order valence-electron chi connectivity index (χ4n) is 2.53. The number of nitrogens with one attached hydrogen (secondary N) is 1. The molecule has 0 aromatic carbocycles. The molecule has 0 atom stereocenters. The first-order valence-corrected chi connectivity index (χ1v) is 6.31. The predicted molar refractivity (Wildman–Crippen MR) is 71.0 cm³/mol. The molecule has 0 radical (unpaired) electrons. The second-order valence-electron chi connectivity index (χ2n) is 4.86. The molecule has 0 bridgehead atoms. The molecule has 2 rings (SSSR count). The summed E-state index contributed by atoms with van der Waals surface area (Å²) in [5.74, 6) is -0.168. The zero-order valence-electron chi connectivity index (χ0n) is 10.9. The fraction of sp³-hybridized carbons (Fsp3) is 0.462. The summed E-state index contributed by atoms with van der Waals surface area (Å²) in [6, 6.07) is 3.43. The Kier molecular flexibility index (Phi) is 3.69. The van der Waals surface area contributed by atoms with Crippen molar-refractivity contribution in [3.63, 3.8) is 0 Å². The number of carbonyl (C=O) groups excluding carboxylic acids is 1. The zero-order chi connectivity index (χ0) is 13.9. The molecular weight excluding hydrogens is 244 g/mol. The maximum atomic E-state index is 12.3. The van der Waals surface area contributed by atoms with Crippen molar-refractivity contribution in [3.8, 4) is 0 Å². The Bertz CT molecular complexity index is 507. The highest BCUT2D eigenvalue weighted by Gasteiger charge is 2.40. The van der Waals surface area contributed by atoms with Gasteiger partial charge in [-0.3, -0.25) is 9.78 Å². The maximum Gasteiger partial charge on any atom is 0.253 e. The number of nitrogens with zero attached hydrogens (tertiary/aromatic N) is 2. The van der Waals surface area contributed by atoms with Crippen molar-refractivity contribution in [2.24, 2.45) is 10.9 Å². The van der Waals surface area contributed by atoms with Crippen LogP contribution in [-0.2, 0) is 0 Å². The van der Waals surface area contributed by atoms with Crippen LogP contribution in [0.2, 0.25) is 0 Å². The van der Waals surface area contributed by atoms with Crippen LogP contribution in [0.4, 0.5) is 0 Å². The van der Waals surface area contributed by atoms with E-state index in [1.165, 1.54) is 0 Å². The Hall–Kier alpha value is -2.11. The predicted octanol–water partition coefficient (Wildman–Crippen LogP) is 1.18. The Balaban J connectivity index is 2.24. The van der Waals surface area contributed by atoms with Crippen molar-refractivity contribution in [3.05, 3.63) is 29.6 Å². The molecule has 0 unspecified atom stereocenters. The number of oxime groups is 1. The maximum absolute atomic E-state index is 12.3. The first-order chi connectivity index (χ1) is 9.09. The number of hydrogen-bond acceptors (Lipinski definition) is 4. The van der Waals surface area contributed by atoms with E-state index in [4.69, 9.17) is 10.9 Å². The van der Waals surface area contributed by atoms with Crippen molar-refractivity contribution in [1.29, 1.82) is 0 Å². The van der Waals surface area contributed by atoms with Gasteiger partial charge >= 0.3 is 0 Å². The molecule has 6 nitrogen and oxygen atoms in total. The lowest BCUT2D eigenvalue weighted by atomic mass is 9.95. The van der Waals surface area contributed by atoms with E-state index >= 15 is 0 Å². The molecule has 1 amide bonds. The van der Waals surface area contributed by atoms with Crippen LogP contribution in [0.3, 0.4) is 0 Å². The second kappa shape index (κ2) is 5.26. The smallest absolute Gasteiger partial charge is 0.253 e. The highest BCUT2D eigenvalue weighted by molar-refractivity contribution is 6.00. The lowest BCUT2D eigenvalue weighted by molar-refractivity contribution is 0.0921. The van der Waals surface area contributed by atoms with E-state index in [9.17, 15) is 4.79 Å². The lowest BCUT2D eigenvalue weighted by Crippen LogP contribution is -2.55. The van der Waals surface area contributed by atoms with E-state index in [1.54, 1.807) is 25.3 Å². The number of rotatable bonds is 3. The Morgan fingerprint density at radius 2 is 2.21 bits per heavy atom. The standard InChI is InChI=1S/C13H18N4O2/c1-9-10(5-4-8-15-9)11(18)16-13(12(14)17-19)6-2-3-7-13/h4-5,8,19H,2-3,6-7H2,1H3,(H2,14,17)(H,16,18). The van der Waals surface area contributed by atoms with Gasteiger partial charge in [-0.25, -0.2) is 0 Å². The van der Waals surface area contributed by atoms with Gasteiger partial charge in [0.25, 0.3) is 5.91 Å². The molecule has 1 aromatic heterocycles. The highest BCUT2D eigenvalue weighted by atomic mass is 16.4. The topological polar surface area (TPSA) is 101 Å². The molecule has 1 saturated carbocycles. The third kappa shape index (κ3) is 2.52. The molecule has 6 heteroatoms. The number of amidine groups is 1. The van der Waals surface area contributed by atoms with Crippen molar-refractivity contribution < 1.29 is 10.0 Å². The van der Waals surface area contributed by atoms with E-state index in [0.29, 0.717) is 24.1 Å². The van der Waals surface area contributed by atoms with Crippen molar-refractivity contribution in [2.75, 3.05) is 0 Å².